The van der Waals surface area contributed by atoms with Crippen molar-refractivity contribution in [2.45, 2.75) is 19.4 Å². The average molecular weight is 273 g/mol. The number of hydrogen-bond acceptors (Lipinski definition) is 4. The first-order valence-corrected chi connectivity index (χ1v) is 7.37. The molecule has 1 aromatic rings. The molecular formula is C12H19NO4S. The molecule has 0 amide bonds. The highest BCUT2D eigenvalue weighted by Gasteiger charge is 2.10. The highest BCUT2D eigenvalue weighted by atomic mass is 32.2. The number of aliphatic hydroxyl groups is 1. The zero-order valence-electron chi connectivity index (χ0n) is 10.6. The molecule has 5 nitrogen and oxygen atoms in total. The molecule has 0 bridgehead atoms. The van der Waals surface area contributed by atoms with Gasteiger partial charge in [-0.15, -0.1) is 0 Å². The highest BCUT2D eigenvalue weighted by Crippen LogP contribution is 2.16. The van der Waals surface area contributed by atoms with Crippen LogP contribution in [-0.4, -0.2) is 33.0 Å². The lowest BCUT2D eigenvalue weighted by Crippen LogP contribution is -2.17. The van der Waals surface area contributed by atoms with Gasteiger partial charge in [-0.1, -0.05) is 12.1 Å². The maximum atomic E-state index is 11.7. The number of anilines is 1. The van der Waals surface area contributed by atoms with E-state index in [0.717, 1.165) is 5.56 Å². The van der Waals surface area contributed by atoms with Crippen LogP contribution in [0.3, 0.4) is 0 Å². The molecule has 1 unspecified atom stereocenters. The van der Waals surface area contributed by atoms with Gasteiger partial charge in [0, 0.05) is 19.4 Å². The van der Waals surface area contributed by atoms with Crippen LogP contribution in [0.5, 0.6) is 0 Å². The summed E-state index contributed by atoms with van der Waals surface area (Å²) >= 11 is 0. The minimum absolute atomic E-state index is 0.0268. The van der Waals surface area contributed by atoms with Gasteiger partial charge < -0.3 is 9.84 Å². The second kappa shape index (κ2) is 6.72. The van der Waals surface area contributed by atoms with E-state index < -0.39 is 16.1 Å². The summed E-state index contributed by atoms with van der Waals surface area (Å²) in [7, 11) is -1.80. The summed E-state index contributed by atoms with van der Waals surface area (Å²) in [6.07, 6.45) is -0.102. The van der Waals surface area contributed by atoms with Crippen LogP contribution in [-0.2, 0) is 14.8 Å². The SMILES string of the molecule is COCCCS(=O)(=O)Nc1ccc(C(C)O)cc1. The Hall–Kier alpha value is -1.11. The van der Waals surface area contributed by atoms with Gasteiger partial charge in [-0.05, 0) is 31.0 Å². The second-order valence-corrected chi connectivity index (χ2v) is 5.91. The van der Waals surface area contributed by atoms with Gasteiger partial charge in [0.25, 0.3) is 0 Å². The molecule has 6 heteroatoms. The molecule has 0 saturated carbocycles. The third-order valence-electron chi connectivity index (χ3n) is 2.43. The first kappa shape index (κ1) is 14.9. The molecule has 1 rings (SSSR count). The van der Waals surface area contributed by atoms with E-state index in [0.29, 0.717) is 18.7 Å². The summed E-state index contributed by atoms with van der Waals surface area (Å²) in [5.41, 5.74) is 1.24. The smallest absolute Gasteiger partial charge is 0.232 e. The van der Waals surface area contributed by atoms with Gasteiger partial charge in [0.05, 0.1) is 11.9 Å². The zero-order valence-corrected chi connectivity index (χ0v) is 11.4. The molecule has 102 valence electrons. The molecule has 0 radical (unpaired) electrons. The molecule has 2 N–H and O–H groups in total. The topological polar surface area (TPSA) is 75.6 Å². The van der Waals surface area contributed by atoms with E-state index in [4.69, 9.17) is 4.74 Å². The molecule has 0 aliphatic heterocycles. The van der Waals surface area contributed by atoms with Gasteiger partial charge >= 0.3 is 0 Å². The van der Waals surface area contributed by atoms with Crippen molar-refractivity contribution in [1.29, 1.82) is 0 Å². The monoisotopic (exact) mass is 273 g/mol. The van der Waals surface area contributed by atoms with E-state index in [9.17, 15) is 13.5 Å². The van der Waals surface area contributed by atoms with Crippen LogP contribution < -0.4 is 4.72 Å². The van der Waals surface area contributed by atoms with E-state index in [1.807, 2.05) is 0 Å². The number of hydrogen-bond donors (Lipinski definition) is 2. The first-order chi connectivity index (χ1) is 8.44. The minimum atomic E-state index is -3.33. The van der Waals surface area contributed by atoms with Crippen molar-refractivity contribution in [3.8, 4) is 0 Å². The third-order valence-corrected chi connectivity index (χ3v) is 3.80. The lowest BCUT2D eigenvalue weighted by molar-refractivity contribution is 0.199. The van der Waals surface area contributed by atoms with Crippen LogP contribution in [0.1, 0.15) is 25.0 Å². The largest absolute Gasteiger partial charge is 0.389 e. The van der Waals surface area contributed by atoms with E-state index >= 15 is 0 Å². The fourth-order valence-corrected chi connectivity index (χ4v) is 2.55. The van der Waals surface area contributed by atoms with Crippen LogP contribution in [0.25, 0.3) is 0 Å². The first-order valence-electron chi connectivity index (χ1n) is 5.72. The molecule has 18 heavy (non-hydrogen) atoms. The summed E-state index contributed by atoms with van der Waals surface area (Å²) in [6.45, 7) is 2.08. The summed E-state index contributed by atoms with van der Waals surface area (Å²) in [5.74, 6) is 0.0268. The summed E-state index contributed by atoms with van der Waals surface area (Å²) < 4.78 is 30.6. The Morgan fingerprint density at radius 1 is 1.33 bits per heavy atom. The maximum absolute atomic E-state index is 11.7. The van der Waals surface area contributed by atoms with Crippen molar-refractivity contribution < 1.29 is 18.3 Å². The molecule has 0 aliphatic carbocycles. The Morgan fingerprint density at radius 2 is 1.94 bits per heavy atom. The van der Waals surface area contributed by atoms with E-state index in [1.54, 1.807) is 31.2 Å². The van der Waals surface area contributed by atoms with Crippen LogP contribution >= 0.6 is 0 Å². The average Bonchev–Trinajstić information content (AvgIpc) is 2.29. The van der Waals surface area contributed by atoms with Crippen molar-refractivity contribution >= 4 is 15.7 Å². The molecule has 0 aromatic heterocycles. The van der Waals surface area contributed by atoms with Crippen molar-refractivity contribution in [3.05, 3.63) is 29.8 Å². The third kappa shape index (κ3) is 5.03. The number of ether oxygens (including phenoxy) is 1. The van der Waals surface area contributed by atoms with Gasteiger partial charge in [0.1, 0.15) is 0 Å². The number of rotatable bonds is 7. The number of nitrogens with one attached hydrogen (secondary N) is 1. The van der Waals surface area contributed by atoms with E-state index in [2.05, 4.69) is 4.72 Å². The van der Waals surface area contributed by atoms with Crippen molar-refractivity contribution in [3.63, 3.8) is 0 Å². The number of sulfonamides is 1. The van der Waals surface area contributed by atoms with Crippen molar-refractivity contribution in [2.75, 3.05) is 24.2 Å². The second-order valence-electron chi connectivity index (χ2n) is 4.07. The molecule has 0 heterocycles. The lowest BCUT2D eigenvalue weighted by Gasteiger charge is -2.09. The maximum Gasteiger partial charge on any atom is 0.232 e. The molecule has 1 atom stereocenters. The molecule has 0 saturated heterocycles. The van der Waals surface area contributed by atoms with Crippen molar-refractivity contribution in [2.24, 2.45) is 0 Å². The Kier molecular flexibility index (Phi) is 5.58. The van der Waals surface area contributed by atoms with Crippen LogP contribution in [0.4, 0.5) is 5.69 Å². The lowest BCUT2D eigenvalue weighted by atomic mass is 10.1. The van der Waals surface area contributed by atoms with Crippen LogP contribution in [0, 0.1) is 0 Å². The number of benzene rings is 1. The van der Waals surface area contributed by atoms with Crippen LogP contribution in [0.15, 0.2) is 24.3 Å². The number of aliphatic hydroxyl groups excluding tert-OH is 1. The Morgan fingerprint density at radius 3 is 2.44 bits per heavy atom. The van der Waals surface area contributed by atoms with Gasteiger partial charge in [0.2, 0.25) is 10.0 Å². The zero-order chi connectivity index (χ0) is 13.6. The molecule has 0 fully saturated rings. The quantitative estimate of drug-likeness (QED) is 0.739. The van der Waals surface area contributed by atoms with E-state index in [1.165, 1.54) is 7.11 Å². The van der Waals surface area contributed by atoms with E-state index in [-0.39, 0.29) is 5.75 Å². The Bertz CT molecular complexity index is 453. The molecular weight excluding hydrogens is 254 g/mol. The fraction of sp³-hybridized carbons (Fsp3) is 0.500. The summed E-state index contributed by atoms with van der Waals surface area (Å²) in [6, 6.07) is 6.65. The minimum Gasteiger partial charge on any atom is -0.389 e. The van der Waals surface area contributed by atoms with Gasteiger partial charge in [0.15, 0.2) is 0 Å². The normalized spacial score (nSPS) is 13.3. The molecule has 1 aromatic carbocycles. The van der Waals surface area contributed by atoms with Gasteiger partial charge in [-0.2, -0.15) is 0 Å². The molecule has 0 aliphatic rings. The Labute approximate surface area is 108 Å². The predicted molar refractivity (Wildman–Crippen MR) is 71.0 cm³/mol. The van der Waals surface area contributed by atoms with Crippen LogP contribution in [0.2, 0.25) is 0 Å². The molecule has 0 spiro atoms. The predicted octanol–water partition coefficient (Wildman–Crippen LogP) is 1.52. The van der Waals surface area contributed by atoms with Crippen molar-refractivity contribution in [1.82, 2.24) is 0 Å². The summed E-state index contributed by atoms with van der Waals surface area (Å²) in [5, 5.41) is 9.34. The fourth-order valence-electron chi connectivity index (χ4n) is 1.45. The number of methoxy groups -OCH3 is 1. The Balaban J connectivity index is 2.61. The highest BCUT2D eigenvalue weighted by molar-refractivity contribution is 7.92. The standard InChI is InChI=1S/C12H19NO4S/c1-10(14)11-4-6-12(7-5-11)13-18(15,16)9-3-8-17-2/h4-7,10,13-14H,3,8-9H2,1-2H3. The van der Waals surface area contributed by atoms with Gasteiger partial charge in [-0.25, -0.2) is 8.42 Å². The summed E-state index contributed by atoms with van der Waals surface area (Å²) in [4.78, 5) is 0. The van der Waals surface area contributed by atoms with Gasteiger partial charge in [-0.3, -0.25) is 4.72 Å².